The number of nitrogens with zero attached hydrogens (tertiary/aromatic N) is 3. The van der Waals surface area contributed by atoms with Crippen LogP contribution in [0.5, 0.6) is 5.88 Å². The second-order valence-corrected chi connectivity index (χ2v) is 6.59. The average Bonchev–Trinajstić information content (AvgIpc) is 2.58. The molecule has 0 unspecified atom stereocenters. The van der Waals surface area contributed by atoms with Crippen molar-refractivity contribution in [1.82, 2.24) is 14.8 Å². The van der Waals surface area contributed by atoms with Gasteiger partial charge in [-0.15, -0.1) is 0 Å². The van der Waals surface area contributed by atoms with Gasteiger partial charge in [-0.2, -0.15) is 13.2 Å². The largest absolute Gasteiger partial charge is 0.467 e. The Morgan fingerprint density at radius 3 is 2.31 bits per heavy atom. The molecule has 0 spiro atoms. The van der Waals surface area contributed by atoms with Gasteiger partial charge in [0.05, 0.1) is 5.56 Å². The first-order valence-corrected chi connectivity index (χ1v) is 8.39. The van der Waals surface area contributed by atoms with Crippen LogP contribution in [0.4, 0.5) is 13.2 Å². The minimum absolute atomic E-state index is 0.0352. The van der Waals surface area contributed by atoms with E-state index in [-0.39, 0.29) is 34.2 Å². The van der Waals surface area contributed by atoms with Crippen LogP contribution in [0.3, 0.4) is 0 Å². The third-order valence-electron chi connectivity index (χ3n) is 3.80. The van der Waals surface area contributed by atoms with Crippen LogP contribution in [0.1, 0.15) is 24.2 Å². The van der Waals surface area contributed by atoms with E-state index < -0.39 is 12.8 Å². The van der Waals surface area contributed by atoms with E-state index in [1.807, 2.05) is 13.8 Å². The van der Waals surface area contributed by atoms with Crippen molar-refractivity contribution >= 4 is 23.4 Å². The van der Waals surface area contributed by atoms with E-state index in [9.17, 15) is 22.8 Å². The van der Waals surface area contributed by atoms with Crippen molar-refractivity contribution in [3.05, 3.63) is 22.8 Å². The summed E-state index contributed by atoms with van der Waals surface area (Å²) in [6, 6.07) is 1.23. The number of rotatable bonds is 4. The lowest BCUT2D eigenvalue weighted by atomic mass is 10.1. The summed E-state index contributed by atoms with van der Waals surface area (Å²) in [5.74, 6) is -0.802. The molecule has 1 aromatic heterocycles. The summed E-state index contributed by atoms with van der Waals surface area (Å²) in [7, 11) is 0. The second-order valence-electron chi connectivity index (χ2n) is 6.19. The molecule has 1 saturated heterocycles. The summed E-state index contributed by atoms with van der Waals surface area (Å²) in [6.45, 7) is 3.70. The molecule has 0 bridgehead atoms. The van der Waals surface area contributed by atoms with E-state index in [4.69, 9.17) is 11.6 Å². The standard InChI is InChI=1S/C16H19ClF3N3O3/c1-10(2)14(24)22-3-5-23(6-4-22)15(25)11-7-12(17)13(21-8-11)26-9-16(18,19)20/h7-8,10H,3-6,9H2,1-2H3. The maximum absolute atomic E-state index is 12.5. The number of ether oxygens (including phenoxy) is 1. The SMILES string of the molecule is CC(C)C(=O)N1CCN(C(=O)c2cnc(OCC(F)(F)F)c(Cl)c2)CC1. The molecule has 0 aliphatic carbocycles. The lowest BCUT2D eigenvalue weighted by Crippen LogP contribution is -2.51. The second kappa shape index (κ2) is 8.11. The number of piperazine rings is 1. The first-order valence-electron chi connectivity index (χ1n) is 8.01. The van der Waals surface area contributed by atoms with Crippen LogP contribution in [0.25, 0.3) is 0 Å². The molecule has 1 aliphatic heterocycles. The number of hydrogen-bond acceptors (Lipinski definition) is 4. The molecule has 2 amide bonds. The van der Waals surface area contributed by atoms with Crippen molar-refractivity contribution in [2.75, 3.05) is 32.8 Å². The molecule has 0 N–H and O–H groups in total. The smallest absolute Gasteiger partial charge is 0.422 e. The summed E-state index contributed by atoms with van der Waals surface area (Å²) in [6.07, 6.45) is -3.38. The van der Waals surface area contributed by atoms with Crippen LogP contribution in [0, 0.1) is 5.92 Å². The molecular formula is C16H19ClF3N3O3. The highest BCUT2D eigenvalue weighted by Crippen LogP contribution is 2.25. The summed E-state index contributed by atoms with van der Waals surface area (Å²) in [5, 5.41) is -0.172. The van der Waals surface area contributed by atoms with Crippen molar-refractivity contribution < 1.29 is 27.5 Å². The molecule has 0 atom stereocenters. The Morgan fingerprint density at radius 1 is 1.23 bits per heavy atom. The Bertz CT molecular complexity index is 674. The Labute approximate surface area is 153 Å². The van der Waals surface area contributed by atoms with Gasteiger partial charge in [0.2, 0.25) is 11.8 Å². The first-order chi connectivity index (χ1) is 12.1. The zero-order chi connectivity index (χ0) is 19.5. The summed E-state index contributed by atoms with van der Waals surface area (Å²) in [4.78, 5) is 31.4. The molecule has 10 heteroatoms. The van der Waals surface area contributed by atoms with Gasteiger partial charge in [-0.05, 0) is 6.07 Å². The fourth-order valence-corrected chi connectivity index (χ4v) is 2.70. The number of aromatic nitrogens is 1. The van der Waals surface area contributed by atoms with Gasteiger partial charge in [-0.1, -0.05) is 25.4 Å². The quantitative estimate of drug-likeness (QED) is 0.789. The maximum atomic E-state index is 12.5. The molecule has 6 nitrogen and oxygen atoms in total. The van der Waals surface area contributed by atoms with Crippen molar-refractivity contribution in [3.8, 4) is 5.88 Å². The molecule has 26 heavy (non-hydrogen) atoms. The number of carbonyl (C=O) groups excluding carboxylic acids is 2. The molecule has 2 rings (SSSR count). The van der Waals surface area contributed by atoms with Crippen molar-refractivity contribution in [2.45, 2.75) is 20.0 Å². The minimum Gasteiger partial charge on any atom is -0.467 e. The van der Waals surface area contributed by atoms with Crippen LogP contribution < -0.4 is 4.74 Å². The van der Waals surface area contributed by atoms with Gasteiger partial charge in [0.1, 0.15) is 5.02 Å². The first kappa shape index (κ1) is 20.3. The van der Waals surface area contributed by atoms with E-state index in [1.54, 1.807) is 9.80 Å². The summed E-state index contributed by atoms with van der Waals surface area (Å²) in [5.41, 5.74) is 0.151. The topological polar surface area (TPSA) is 62.7 Å². The third kappa shape index (κ3) is 5.23. The lowest BCUT2D eigenvalue weighted by molar-refractivity contribution is -0.154. The number of amides is 2. The predicted octanol–water partition coefficient (Wildman–Crippen LogP) is 2.62. The van der Waals surface area contributed by atoms with Gasteiger partial charge in [0.15, 0.2) is 6.61 Å². The van der Waals surface area contributed by atoms with Crippen molar-refractivity contribution in [3.63, 3.8) is 0 Å². The predicted molar refractivity (Wildman–Crippen MR) is 88.1 cm³/mol. The van der Waals surface area contributed by atoms with E-state index in [2.05, 4.69) is 9.72 Å². The van der Waals surface area contributed by atoms with Gasteiger partial charge < -0.3 is 14.5 Å². The van der Waals surface area contributed by atoms with E-state index in [0.717, 1.165) is 6.20 Å². The highest BCUT2D eigenvalue weighted by atomic mass is 35.5. The van der Waals surface area contributed by atoms with E-state index >= 15 is 0 Å². The molecule has 144 valence electrons. The van der Waals surface area contributed by atoms with Crippen LogP contribution in [0.15, 0.2) is 12.3 Å². The monoisotopic (exact) mass is 393 g/mol. The molecule has 0 radical (unpaired) electrons. The fraction of sp³-hybridized carbons (Fsp3) is 0.562. The molecule has 1 fully saturated rings. The van der Waals surface area contributed by atoms with Crippen LogP contribution in [-0.4, -0.2) is 65.6 Å². The highest BCUT2D eigenvalue weighted by molar-refractivity contribution is 6.32. The van der Waals surface area contributed by atoms with E-state index in [0.29, 0.717) is 26.2 Å². The van der Waals surface area contributed by atoms with Crippen molar-refractivity contribution in [2.24, 2.45) is 5.92 Å². The molecule has 1 aliphatic rings. The summed E-state index contributed by atoms with van der Waals surface area (Å²) < 4.78 is 41.0. The van der Waals surface area contributed by atoms with Crippen LogP contribution >= 0.6 is 11.6 Å². The Morgan fingerprint density at radius 2 is 1.81 bits per heavy atom. The minimum atomic E-state index is -4.51. The number of alkyl halides is 3. The van der Waals surface area contributed by atoms with Crippen molar-refractivity contribution in [1.29, 1.82) is 0 Å². The fourth-order valence-electron chi connectivity index (χ4n) is 2.48. The molecule has 2 heterocycles. The highest BCUT2D eigenvalue weighted by Gasteiger charge is 2.30. The zero-order valence-electron chi connectivity index (χ0n) is 14.3. The van der Waals surface area contributed by atoms with Gasteiger partial charge in [0, 0.05) is 38.3 Å². The molecule has 1 aromatic rings. The van der Waals surface area contributed by atoms with Crippen LogP contribution in [-0.2, 0) is 4.79 Å². The van der Waals surface area contributed by atoms with Gasteiger partial charge in [-0.3, -0.25) is 9.59 Å². The number of hydrogen-bond donors (Lipinski definition) is 0. The van der Waals surface area contributed by atoms with Crippen LogP contribution in [0.2, 0.25) is 5.02 Å². The normalized spacial score (nSPS) is 15.3. The summed E-state index contributed by atoms with van der Waals surface area (Å²) >= 11 is 5.86. The average molecular weight is 394 g/mol. The molecule has 0 saturated carbocycles. The molecular weight excluding hydrogens is 375 g/mol. The maximum Gasteiger partial charge on any atom is 0.422 e. The number of carbonyl (C=O) groups is 2. The Balaban J connectivity index is 1.98. The molecule has 0 aromatic carbocycles. The number of pyridine rings is 1. The van der Waals surface area contributed by atoms with Gasteiger partial charge in [0.25, 0.3) is 5.91 Å². The Kier molecular flexibility index (Phi) is 6.33. The zero-order valence-corrected chi connectivity index (χ0v) is 15.1. The Hall–Kier alpha value is -2.03. The lowest BCUT2D eigenvalue weighted by Gasteiger charge is -2.35. The van der Waals surface area contributed by atoms with Gasteiger partial charge >= 0.3 is 6.18 Å². The number of halogens is 4. The third-order valence-corrected chi connectivity index (χ3v) is 4.07. The van der Waals surface area contributed by atoms with E-state index in [1.165, 1.54) is 6.07 Å². The van der Waals surface area contributed by atoms with Gasteiger partial charge in [-0.25, -0.2) is 4.98 Å².